The maximum atomic E-state index is 11.8. The average molecular weight is 263 g/mol. The summed E-state index contributed by atoms with van der Waals surface area (Å²) in [6.45, 7) is 3.96. The number of nitriles is 1. The third kappa shape index (κ3) is 4.76. The van der Waals surface area contributed by atoms with Gasteiger partial charge in [0.15, 0.2) is 0 Å². The highest BCUT2D eigenvalue weighted by Gasteiger charge is 2.23. The third-order valence-electron chi connectivity index (χ3n) is 2.89. The lowest BCUT2D eigenvalue weighted by Crippen LogP contribution is -2.36. The smallest absolute Gasteiger partial charge is 0.221 e. The number of nitrogens with zero attached hydrogens (tertiary/aromatic N) is 2. The van der Waals surface area contributed by atoms with Gasteiger partial charge in [0.05, 0.1) is 23.8 Å². The Labute approximate surface area is 114 Å². The molecular formula is C14H21N3O2. The molecule has 0 spiro atoms. The van der Waals surface area contributed by atoms with Crippen LogP contribution in [0.3, 0.4) is 0 Å². The molecule has 19 heavy (non-hydrogen) atoms. The van der Waals surface area contributed by atoms with Crippen molar-refractivity contribution in [2.24, 2.45) is 5.41 Å². The molecule has 1 aromatic heterocycles. The maximum Gasteiger partial charge on any atom is 0.221 e. The molecule has 1 rings (SSSR count). The predicted molar refractivity (Wildman–Crippen MR) is 72.2 cm³/mol. The first-order valence-electron chi connectivity index (χ1n) is 6.23. The second-order valence-electron chi connectivity index (χ2n) is 5.47. The summed E-state index contributed by atoms with van der Waals surface area (Å²) in [4.78, 5) is 13.8. The van der Waals surface area contributed by atoms with Crippen molar-refractivity contribution in [1.82, 2.24) is 10.2 Å². The van der Waals surface area contributed by atoms with E-state index in [1.807, 2.05) is 31.1 Å². The maximum absolute atomic E-state index is 11.8. The summed E-state index contributed by atoms with van der Waals surface area (Å²) < 4.78 is 5.37. The number of carbonyl (C=O) groups is 1. The van der Waals surface area contributed by atoms with Crippen molar-refractivity contribution >= 4 is 5.91 Å². The van der Waals surface area contributed by atoms with Crippen molar-refractivity contribution in [2.45, 2.75) is 26.3 Å². The molecule has 5 nitrogen and oxygen atoms in total. The molecule has 1 heterocycles. The van der Waals surface area contributed by atoms with Crippen LogP contribution in [0.4, 0.5) is 0 Å². The van der Waals surface area contributed by atoms with Crippen LogP contribution in [-0.2, 0) is 4.79 Å². The SMILES string of the molecule is CN(C)C(CNC(=O)CC(C)(C)C#N)c1ccco1. The minimum absolute atomic E-state index is 0.0100. The van der Waals surface area contributed by atoms with E-state index in [1.165, 1.54) is 0 Å². The molecule has 1 atom stereocenters. The second kappa shape index (κ2) is 6.39. The van der Waals surface area contributed by atoms with E-state index in [1.54, 1.807) is 20.1 Å². The summed E-state index contributed by atoms with van der Waals surface area (Å²) in [7, 11) is 3.86. The van der Waals surface area contributed by atoms with Crippen LogP contribution in [0.2, 0.25) is 0 Å². The molecule has 0 saturated carbocycles. The van der Waals surface area contributed by atoms with Gasteiger partial charge in [0.25, 0.3) is 0 Å². The van der Waals surface area contributed by atoms with Gasteiger partial charge in [-0.25, -0.2) is 0 Å². The minimum Gasteiger partial charge on any atom is -0.468 e. The fourth-order valence-corrected chi connectivity index (χ4v) is 1.73. The van der Waals surface area contributed by atoms with Crippen molar-refractivity contribution in [3.05, 3.63) is 24.2 Å². The Balaban J connectivity index is 2.55. The van der Waals surface area contributed by atoms with E-state index < -0.39 is 5.41 Å². The number of furan rings is 1. The van der Waals surface area contributed by atoms with Crippen molar-refractivity contribution in [3.63, 3.8) is 0 Å². The van der Waals surface area contributed by atoms with Crippen LogP contribution in [0.15, 0.2) is 22.8 Å². The van der Waals surface area contributed by atoms with Crippen molar-refractivity contribution in [2.75, 3.05) is 20.6 Å². The standard InChI is InChI=1S/C14H21N3O2/c1-14(2,10-15)8-13(18)16-9-11(17(3)4)12-6-5-7-19-12/h5-7,11H,8-9H2,1-4H3,(H,16,18). The Morgan fingerprint density at radius 2 is 2.26 bits per heavy atom. The first kappa shape index (κ1) is 15.3. The van der Waals surface area contributed by atoms with Gasteiger partial charge in [-0.2, -0.15) is 5.26 Å². The summed E-state index contributed by atoms with van der Waals surface area (Å²) in [5.41, 5.74) is -0.637. The highest BCUT2D eigenvalue weighted by molar-refractivity contribution is 5.77. The Kier molecular flexibility index (Phi) is 5.13. The van der Waals surface area contributed by atoms with Gasteiger partial charge in [-0.1, -0.05) is 0 Å². The van der Waals surface area contributed by atoms with E-state index in [0.717, 1.165) is 5.76 Å². The Morgan fingerprint density at radius 1 is 1.58 bits per heavy atom. The molecule has 0 saturated heterocycles. The highest BCUT2D eigenvalue weighted by Crippen LogP contribution is 2.20. The average Bonchev–Trinajstić information content (AvgIpc) is 2.82. The minimum atomic E-state index is -0.637. The number of nitrogens with one attached hydrogen (secondary N) is 1. The number of carbonyl (C=O) groups excluding carboxylic acids is 1. The Hall–Kier alpha value is -1.80. The highest BCUT2D eigenvalue weighted by atomic mass is 16.3. The largest absolute Gasteiger partial charge is 0.468 e. The van der Waals surface area contributed by atoms with E-state index in [0.29, 0.717) is 6.54 Å². The topological polar surface area (TPSA) is 69.3 Å². The Morgan fingerprint density at radius 3 is 2.74 bits per heavy atom. The zero-order chi connectivity index (χ0) is 14.5. The van der Waals surface area contributed by atoms with E-state index in [9.17, 15) is 4.79 Å². The third-order valence-corrected chi connectivity index (χ3v) is 2.89. The fourth-order valence-electron chi connectivity index (χ4n) is 1.73. The van der Waals surface area contributed by atoms with Crippen molar-refractivity contribution < 1.29 is 9.21 Å². The molecule has 0 aromatic carbocycles. The Bertz CT molecular complexity index is 444. The molecule has 1 N–H and O–H groups in total. The van der Waals surface area contributed by atoms with Gasteiger partial charge in [0, 0.05) is 13.0 Å². The van der Waals surface area contributed by atoms with Crippen molar-refractivity contribution in [1.29, 1.82) is 5.26 Å². The molecule has 1 aromatic rings. The monoisotopic (exact) mass is 263 g/mol. The number of rotatable bonds is 6. The number of hydrogen-bond acceptors (Lipinski definition) is 4. The summed E-state index contributed by atoms with van der Waals surface area (Å²) in [5, 5.41) is 11.8. The molecular weight excluding hydrogens is 242 g/mol. The van der Waals surface area contributed by atoms with Crippen molar-refractivity contribution in [3.8, 4) is 6.07 Å². The van der Waals surface area contributed by atoms with Gasteiger partial charge < -0.3 is 9.73 Å². The number of hydrogen-bond donors (Lipinski definition) is 1. The molecule has 1 amide bonds. The molecule has 1 unspecified atom stereocenters. The quantitative estimate of drug-likeness (QED) is 0.851. The van der Waals surface area contributed by atoms with E-state index >= 15 is 0 Å². The molecule has 0 radical (unpaired) electrons. The van der Waals surface area contributed by atoms with Gasteiger partial charge in [0.2, 0.25) is 5.91 Å². The second-order valence-corrected chi connectivity index (χ2v) is 5.47. The molecule has 104 valence electrons. The first-order valence-corrected chi connectivity index (χ1v) is 6.23. The van der Waals surface area contributed by atoms with Crippen LogP contribution >= 0.6 is 0 Å². The molecule has 0 aliphatic rings. The van der Waals surface area contributed by atoms with Crippen LogP contribution in [0.25, 0.3) is 0 Å². The summed E-state index contributed by atoms with van der Waals surface area (Å²) in [5.74, 6) is 0.690. The lowest BCUT2D eigenvalue weighted by Gasteiger charge is -2.23. The zero-order valence-electron chi connectivity index (χ0n) is 11.9. The molecule has 5 heteroatoms. The van der Waals surface area contributed by atoms with Crippen LogP contribution in [0, 0.1) is 16.7 Å². The van der Waals surface area contributed by atoms with Crippen LogP contribution in [0.5, 0.6) is 0 Å². The normalized spacial score (nSPS) is 13.1. The van der Waals surface area contributed by atoms with Gasteiger partial charge in [0.1, 0.15) is 5.76 Å². The van der Waals surface area contributed by atoms with E-state index in [4.69, 9.17) is 9.68 Å². The summed E-state index contributed by atoms with van der Waals surface area (Å²) in [6, 6.07) is 5.82. The molecule has 0 bridgehead atoms. The van der Waals surface area contributed by atoms with Gasteiger partial charge in [-0.3, -0.25) is 9.69 Å². The molecule has 0 aliphatic heterocycles. The number of amides is 1. The van der Waals surface area contributed by atoms with E-state index in [-0.39, 0.29) is 18.4 Å². The van der Waals surface area contributed by atoms with Gasteiger partial charge in [-0.15, -0.1) is 0 Å². The van der Waals surface area contributed by atoms with Gasteiger partial charge >= 0.3 is 0 Å². The van der Waals surface area contributed by atoms with Crippen LogP contribution in [0.1, 0.15) is 32.1 Å². The lowest BCUT2D eigenvalue weighted by atomic mass is 9.91. The lowest BCUT2D eigenvalue weighted by molar-refractivity contribution is -0.122. The molecule has 0 fully saturated rings. The summed E-state index contributed by atoms with van der Waals surface area (Å²) in [6.07, 6.45) is 1.81. The van der Waals surface area contributed by atoms with E-state index in [2.05, 4.69) is 11.4 Å². The molecule has 0 aliphatic carbocycles. The predicted octanol–water partition coefficient (Wildman–Crippen LogP) is 1.94. The zero-order valence-corrected chi connectivity index (χ0v) is 11.9. The fraction of sp³-hybridized carbons (Fsp3) is 0.571. The summed E-state index contributed by atoms with van der Waals surface area (Å²) >= 11 is 0. The van der Waals surface area contributed by atoms with Crippen LogP contribution < -0.4 is 5.32 Å². The van der Waals surface area contributed by atoms with Crippen LogP contribution in [-0.4, -0.2) is 31.4 Å². The number of likely N-dealkylation sites (N-methyl/N-ethyl adjacent to an activating group) is 1. The first-order chi connectivity index (χ1) is 8.85. The van der Waals surface area contributed by atoms with Gasteiger partial charge in [-0.05, 0) is 40.1 Å².